The normalized spacial score (nSPS) is 13.0. The Morgan fingerprint density at radius 3 is 2.82 bits per heavy atom. The van der Waals surface area contributed by atoms with Crippen molar-refractivity contribution in [1.82, 2.24) is 0 Å². The summed E-state index contributed by atoms with van der Waals surface area (Å²) in [7, 11) is 0. The van der Waals surface area contributed by atoms with Crippen LogP contribution in [0.4, 0.5) is 4.39 Å². The molecule has 1 aromatic carbocycles. The van der Waals surface area contributed by atoms with Gasteiger partial charge in [-0.1, -0.05) is 28.1 Å². The fourth-order valence-electron chi connectivity index (χ4n) is 0.807. The zero-order chi connectivity index (χ0) is 8.27. The monoisotopic (exact) mass is 218 g/mol. The van der Waals surface area contributed by atoms with Gasteiger partial charge < -0.3 is 5.11 Å². The smallest absolute Gasteiger partial charge is 0.148 e. The lowest BCUT2D eigenvalue weighted by molar-refractivity contribution is 0.180. The van der Waals surface area contributed by atoms with Crippen LogP contribution in [-0.2, 0) is 0 Å². The maximum absolute atomic E-state index is 12.8. The minimum Gasteiger partial charge on any atom is -0.393 e. The van der Waals surface area contributed by atoms with Crippen LogP contribution in [0.3, 0.4) is 0 Å². The van der Waals surface area contributed by atoms with Gasteiger partial charge in [-0.2, -0.15) is 0 Å². The number of hydrogen-bond acceptors (Lipinski definition) is 1. The molecule has 0 saturated heterocycles. The number of halogens is 2. The standard InChI is InChI=1S/C8H8BrFO/c9-7-3-1-2-6(4-7)8(10)5-11/h1-4,8,11H,5H2. The van der Waals surface area contributed by atoms with E-state index in [0.29, 0.717) is 5.56 Å². The molecule has 0 heterocycles. The molecule has 0 saturated carbocycles. The van der Waals surface area contributed by atoms with Crippen molar-refractivity contribution < 1.29 is 9.50 Å². The van der Waals surface area contributed by atoms with Gasteiger partial charge >= 0.3 is 0 Å². The van der Waals surface area contributed by atoms with Crippen LogP contribution in [0.15, 0.2) is 28.7 Å². The number of rotatable bonds is 2. The Morgan fingerprint density at radius 1 is 1.55 bits per heavy atom. The van der Waals surface area contributed by atoms with Gasteiger partial charge in [-0.3, -0.25) is 0 Å². The van der Waals surface area contributed by atoms with E-state index in [4.69, 9.17) is 5.11 Å². The molecule has 1 aromatic rings. The Kier molecular flexibility index (Phi) is 3.02. The molecule has 3 heteroatoms. The van der Waals surface area contributed by atoms with Crippen LogP contribution in [0.1, 0.15) is 11.7 Å². The minimum absolute atomic E-state index is 0.462. The van der Waals surface area contributed by atoms with Gasteiger partial charge in [0.15, 0.2) is 0 Å². The minimum atomic E-state index is -1.27. The topological polar surface area (TPSA) is 20.2 Å². The highest BCUT2D eigenvalue weighted by atomic mass is 79.9. The SMILES string of the molecule is OCC(F)c1cccc(Br)c1. The molecule has 0 spiro atoms. The molecule has 0 radical (unpaired) electrons. The summed E-state index contributed by atoms with van der Waals surface area (Å²) >= 11 is 3.21. The summed E-state index contributed by atoms with van der Waals surface area (Å²) in [5, 5.41) is 8.49. The van der Waals surface area contributed by atoms with E-state index >= 15 is 0 Å². The van der Waals surface area contributed by atoms with Crippen LogP contribution in [0.25, 0.3) is 0 Å². The maximum Gasteiger partial charge on any atom is 0.148 e. The van der Waals surface area contributed by atoms with E-state index in [1.807, 2.05) is 6.07 Å². The van der Waals surface area contributed by atoms with E-state index in [9.17, 15) is 4.39 Å². The van der Waals surface area contributed by atoms with E-state index in [-0.39, 0.29) is 0 Å². The summed E-state index contributed by atoms with van der Waals surface area (Å²) in [4.78, 5) is 0. The molecule has 1 rings (SSSR count). The van der Waals surface area contributed by atoms with Crippen molar-refractivity contribution in [2.75, 3.05) is 6.61 Å². The molecule has 0 bridgehead atoms. The van der Waals surface area contributed by atoms with Crippen molar-refractivity contribution in [3.63, 3.8) is 0 Å². The Morgan fingerprint density at radius 2 is 2.27 bits per heavy atom. The van der Waals surface area contributed by atoms with Gasteiger partial charge in [0, 0.05) is 4.47 Å². The fourth-order valence-corrected chi connectivity index (χ4v) is 1.22. The van der Waals surface area contributed by atoms with Gasteiger partial charge in [-0.25, -0.2) is 4.39 Å². The number of hydrogen-bond donors (Lipinski definition) is 1. The highest BCUT2D eigenvalue weighted by Crippen LogP contribution is 2.20. The van der Waals surface area contributed by atoms with Crippen LogP contribution in [-0.4, -0.2) is 11.7 Å². The second kappa shape index (κ2) is 3.83. The van der Waals surface area contributed by atoms with Gasteiger partial charge in [0.25, 0.3) is 0 Å². The summed E-state index contributed by atoms with van der Waals surface area (Å²) in [6.45, 7) is -0.462. The molecule has 0 amide bonds. The number of alkyl halides is 1. The molecule has 0 aliphatic heterocycles. The molecular weight excluding hydrogens is 211 g/mol. The van der Waals surface area contributed by atoms with Gasteiger partial charge in [0.1, 0.15) is 6.17 Å². The lowest BCUT2D eigenvalue weighted by atomic mass is 10.1. The van der Waals surface area contributed by atoms with Crippen LogP contribution < -0.4 is 0 Å². The molecule has 1 N–H and O–H groups in total. The van der Waals surface area contributed by atoms with Crippen molar-refractivity contribution >= 4 is 15.9 Å². The highest BCUT2D eigenvalue weighted by molar-refractivity contribution is 9.10. The molecule has 1 unspecified atom stereocenters. The average Bonchev–Trinajstić information content (AvgIpc) is 2.03. The third-order valence-electron chi connectivity index (χ3n) is 1.37. The first-order valence-corrected chi connectivity index (χ1v) is 4.03. The molecular formula is C8H8BrFO. The van der Waals surface area contributed by atoms with E-state index < -0.39 is 12.8 Å². The van der Waals surface area contributed by atoms with Crippen LogP contribution in [0.5, 0.6) is 0 Å². The first-order valence-electron chi connectivity index (χ1n) is 3.24. The van der Waals surface area contributed by atoms with E-state index in [1.54, 1.807) is 18.2 Å². The molecule has 1 nitrogen and oxygen atoms in total. The molecule has 0 aliphatic carbocycles. The lowest BCUT2D eigenvalue weighted by Crippen LogP contribution is -1.96. The van der Waals surface area contributed by atoms with Crippen molar-refractivity contribution in [3.8, 4) is 0 Å². The van der Waals surface area contributed by atoms with Crippen molar-refractivity contribution in [3.05, 3.63) is 34.3 Å². The van der Waals surface area contributed by atoms with E-state index in [0.717, 1.165) is 4.47 Å². The number of aliphatic hydroxyl groups is 1. The van der Waals surface area contributed by atoms with Crippen LogP contribution >= 0.6 is 15.9 Å². The largest absolute Gasteiger partial charge is 0.393 e. The number of benzene rings is 1. The fraction of sp³-hybridized carbons (Fsp3) is 0.250. The summed E-state index contributed by atoms with van der Waals surface area (Å²) in [6.07, 6.45) is -1.27. The summed E-state index contributed by atoms with van der Waals surface area (Å²) in [5.41, 5.74) is 0.502. The Hall–Kier alpha value is -0.410. The Labute approximate surface area is 73.0 Å². The molecule has 11 heavy (non-hydrogen) atoms. The van der Waals surface area contributed by atoms with Crippen molar-refractivity contribution in [2.24, 2.45) is 0 Å². The first kappa shape index (κ1) is 8.68. The molecule has 60 valence electrons. The zero-order valence-corrected chi connectivity index (χ0v) is 7.38. The van der Waals surface area contributed by atoms with E-state index in [1.165, 1.54) is 0 Å². The second-order valence-electron chi connectivity index (χ2n) is 2.21. The lowest BCUT2D eigenvalue weighted by Gasteiger charge is -2.03. The summed E-state index contributed by atoms with van der Waals surface area (Å²) < 4.78 is 13.6. The third-order valence-corrected chi connectivity index (χ3v) is 1.86. The Balaban J connectivity index is 2.86. The number of aliphatic hydroxyl groups excluding tert-OH is 1. The van der Waals surface area contributed by atoms with Gasteiger partial charge in [0.05, 0.1) is 6.61 Å². The first-order chi connectivity index (χ1) is 5.24. The average molecular weight is 219 g/mol. The van der Waals surface area contributed by atoms with Crippen LogP contribution in [0.2, 0.25) is 0 Å². The second-order valence-corrected chi connectivity index (χ2v) is 3.12. The zero-order valence-electron chi connectivity index (χ0n) is 5.80. The maximum atomic E-state index is 12.8. The molecule has 0 aliphatic rings. The Bertz CT molecular complexity index is 239. The van der Waals surface area contributed by atoms with Gasteiger partial charge in [-0.05, 0) is 17.7 Å². The molecule has 0 fully saturated rings. The summed E-state index contributed by atoms with van der Waals surface area (Å²) in [5.74, 6) is 0. The van der Waals surface area contributed by atoms with Crippen LogP contribution in [0, 0.1) is 0 Å². The molecule has 0 aromatic heterocycles. The predicted octanol–water partition coefficient (Wildman–Crippen LogP) is 2.45. The van der Waals surface area contributed by atoms with Crippen molar-refractivity contribution in [1.29, 1.82) is 0 Å². The highest BCUT2D eigenvalue weighted by Gasteiger charge is 2.06. The third kappa shape index (κ3) is 2.27. The quantitative estimate of drug-likeness (QED) is 0.809. The van der Waals surface area contributed by atoms with Crippen molar-refractivity contribution in [2.45, 2.75) is 6.17 Å². The molecule has 1 atom stereocenters. The summed E-state index contributed by atoms with van der Waals surface area (Å²) in [6, 6.07) is 6.85. The van der Waals surface area contributed by atoms with Gasteiger partial charge in [-0.15, -0.1) is 0 Å². The van der Waals surface area contributed by atoms with Gasteiger partial charge in [0.2, 0.25) is 0 Å². The predicted molar refractivity (Wildman–Crippen MR) is 45.1 cm³/mol. The van der Waals surface area contributed by atoms with E-state index in [2.05, 4.69) is 15.9 Å².